The van der Waals surface area contributed by atoms with E-state index < -0.39 is 11.7 Å². The maximum absolute atomic E-state index is 13.1. The molecule has 3 aromatic carbocycles. The number of nitrogens with two attached hydrogens (primary N) is 1. The number of halogens is 3. The molecule has 9 heteroatoms. The maximum Gasteiger partial charge on any atom is 0.416 e. The van der Waals surface area contributed by atoms with Crippen molar-refractivity contribution in [1.82, 2.24) is 15.1 Å². The van der Waals surface area contributed by atoms with Crippen molar-refractivity contribution in [3.63, 3.8) is 0 Å². The second kappa shape index (κ2) is 10.6. The number of para-hydroxylation sites is 1. The lowest BCUT2D eigenvalue weighted by molar-refractivity contribution is -0.137. The predicted molar refractivity (Wildman–Crippen MR) is 135 cm³/mol. The summed E-state index contributed by atoms with van der Waals surface area (Å²) in [7, 11) is 2.01. The fourth-order valence-corrected chi connectivity index (χ4v) is 3.78. The van der Waals surface area contributed by atoms with Crippen LogP contribution in [-0.2, 0) is 6.18 Å². The number of rotatable bonds is 8. The molecule has 0 bridgehead atoms. The van der Waals surface area contributed by atoms with Crippen molar-refractivity contribution >= 4 is 17.4 Å². The van der Waals surface area contributed by atoms with Gasteiger partial charge in [-0.05, 0) is 55.0 Å². The van der Waals surface area contributed by atoms with Crippen LogP contribution in [0.2, 0.25) is 0 Å². The summed E-state index contributed by atoms with van der Waals surface area (Å²) in [5, 5.41) is 7.28. The monoisotopic (exact) mass is 493 g/mol. The molecule has 1 amide bonds. The zero-order valence-corrected chi connectivity index (χ0v) is 19.7. The van der Waals surface area contributed by atoms with Gasteiger partial charge in [-0.3, -0.25) is 4.79 Å². The largest absolute Gasteiger partial charge is 0.416 e. The highest BCUT2D eigenvalue weighted by atomic mass is 19.4. The summed E-state index contributed by atoms with van der Waals surface area (Å²) in [6.45, 7) is 1.33. The predicted octanol–water partition coefficient (Wildman–Crippen LogP) is 5.40. The first kappa shape index (κ1) is 24.8. The first-order valence-electron chi connectivity index (χ1n) is 11.4. The molecule has 1 heterocycles. The summed E-state index contributed by atoms with van der Waals surface area (Å²) in [5.74, 6) is 0.0733. The Labute approximate surface area is 207 Å². The summed E-state index contributed by atoms with van der Waals surface area (Å²) in [4.78, 5) is 14.6. The number of aromatic nitrogens is 2. The Kier molecular flexibility index (Phi) is 7.28. The molecule has 3 N–H and O–H groups in total. The smallest absolute Gasteiger partial charge is 0.384 e. The van der Waals surface area contributed by atoms with Crippen LogP contribution in [0.1, 0.15) is 22.3 Å². The Bertz CT molecular complexity index is 1320. The third kappa shape index (κ3) is 5.86. The number of hydrogen-bond acceptors (Lipinski definition) is 4. The molecule has 1 aromatic heterocycles. The number of nitrogens with zero attached hydrogens (tertiary/aromatic N) is 3. The number of benzene rings is 3. The van der Waals surface area contributed by atoms with Gasteiger partial charge < -0.3 is 16.0 Å². The molecule has 0 aliphatic heterocycles. The van der Waals surface area contributed by atoms with E-state index in [0.29, 0.717) is 29.1 Å². The van der Waals surface area contributed by atoms with Crippen molar-refractivity contribution < 1.29 is 18.0 Å². The van der Waals surface area contributed by atoms with Crippen LogP contribution >= 0.6 is 0 Å². The lowest BCUT2D eigenvalue weighted by Crippen LogP contribution is -2.28. The fraction of sp³-hybridized carbons (Fsp3) is 0.185. The SMILES string of the molecule is CN(CCCNC(=O)c1ccc(-n2nc(-c3cccc(C(F)(F)F)c3)cc2N)cc1)c1ccccc1. The Morgan fingerprint density at radius 3 is 2.42 bits per heavy atom. The van der Waals surface area contributed by atoms with Crippen LogP contribution in [0, 0.1) is 0 Å². The number of amides is 1. The molecular weight excluding hydrogens is 467 g/mol. The van der Waals surface area contributed by atoms with E-state index >= 15 is 0 Å². The third-order valence-corrected chi connectivity index (χ3v) is 5.75. The molecule has 0 saturated carbocycles. The minimum Gasteiger partial charge on any atom is -0.384 e. The zero-order valence-electron chi connectivity index (χ0n) is 19.7. The Hall–Kier alpha value is -4.27. The molecule has 186 valence electrons. The van der Waals surface area contributed by atoms with E-state index in [-0.39, 0.29) is 11.7 Å². The molecular formula is C27H26F3N5O. The van der Waals surface area contributed by atoms with Crippen LogP contribution in [0.4, 0.5) is 24.7 Å². The van der Waals surface area contributed by atoms with E-state index in [9.17, 15) is 18.0 Å². The van der Waals surface area contributed by atoms with E-state index in [1.54, 1.807) is 30.3 Å². The highest BCUT2D eigenvalue weighted by molar-refractivity contribution is 5.94. The maximum atomic E-state index is 13.1. The van der Waals surface area contributed by atoms with Gasteiger partial charge in [0.25, 0.3) is 5.91 Å². The standard InChI is InChI=1S/C27H26F3N5O/c1-34(22-9-3-2-4-10-22)16-6-15-32-26(36)19-11-13-23(14-12-19)35-25(31)18-24(33-35)20-7-5-8-21(17-20)27(28,29)30/h2-5,7-14,17-18H,6,15-16,31H2,1H3,(H,32,36). The number of carbonyl (C=O) groups is 1. The van der Waals surface area contributed by atoms with Gasteiger partial charge in [0.2, 0.25) is 0 Å². The second-order valence-electron chi connectivity index (χ2n) is 8.36. The average molecular weight is 494 g/mol. The van der Waals surface area contributed by atoms with E-state index in [1.165, 1.54) is 16.8 Å². The summed E-state index contributed by atoms with van der Waals surface area (Å²) >= 11 is 0. The number of alkyl halides is 3. The molecule has 0 fully saturated rings. The number of hydrogen-bond donors (Lipinski definition) is 2. The minimum absolute atomic E-state index is 0.193. The highest BCUT2D eigenvalue weighted by Gasteiger charge is 2.30. The van der Waals surface area contributed by atoms with Crippen LogP contribution in [0.15, 0.2) is 84.9 Å². The number of carbonyl (C=O) groups excluding carboxylic acids is 1. The number of nitrogen functional groups attached to an aromatic ring is 1. The van der Waals surface area contributed by atoms with Gasteiger partial charge in [0.05, 0.1) is 16.9 Å². The van der Waals surface area contributed by atoms with Gasteiger partial charge in [-0.2, -0.15) is 18.3 Å². The summed E-state index contributed by atoms with van der Waals surface area (Å²) in [6, 6.07) is 23.2. The lowest BCUT2D eigenvalue weighted by Gasteiger charge is -2.19. The summed E-state index contributed by atoms with van der Waals surface area (Å²) in [5.41, 5.74) is 8.14. The average Bonchev–Trinajstić information content (AvgIpc) is 3.28. The minimum atomic E-state index is -4.45. The highest BCUT2D eigenvalue weighted by Crippen LogP contribution is 2.32. The van der Waals surface area contributed by atoms with Gasteiger partial charge in [0.1, 0.15) is 5.82 Å². The molecule has 4 rings (SSSR count). The molecule has 0 aliphatic rings. The quantitative estimate of drug-likeness (QED) is 0.323. The van der Waals surface area contributed by atoms with Crippen LogP contribution in [0.25, 0.3) is 16.9 Å². The van der Waals surface area contributed by atoms with Gasteiger partial charge in [0, 0.05) is 43.0 Å². The topological polar surface area (TPSA) is 76.2 Å². The first-order valence-corrected chi connectivity index (χ1v) is 11.4. The van der Waals surface area contributed by atoms with Crippen molar-refractivity contribution in [2.45, 2.75) is 12.6 Å². The van der Waals surface area contributed by atoms with Gasteiger partial charge in [-0.1, -0.05) is 30.3 Å². The van der Waals surface area contributed by atoms with Gasteiger partial charge >= 0.3 is 6.18 Å². The molecule has 36 heavy (non-hydrogen) atoms. The van der Waals surface area contributed by atoms with Crippen LogP contribution < -0.4 is 16.0 Å². The molecule has 0 spiro atoms. The van der Waals surface area contributed by atoms with Gasteiger partial charge in [-0.15, -0.1) is 0 Å². The Morgan fingerprint density at radius 1 is 1.00 bits per heavy atom. The molecule has 0 saturated heterocycles. The first-order chi connectivity index (χ1) is 17.2. The zero-order chi connectivity index (χ0) is 25.7. The summed E-state index contributed by atoms with van der Waals surface area (Å²) < 4.78 is 40.6. The van der Waals surface area contributed by atoms with Crippen molar-refractivity contribution in [2.24, 2.45) is 0 Å². The molecule has 0 aliphatic carbocycles. The molecule has 6 nitrogen and oxygen atoms in total. The third-order valence-electron chi connectivity index (χ3n) is 5.75. The van der Waals surface area contributed by atoms with Crippen molar-refractivity contribution in [2.75, 3.05) is 30.8 Å². The van der Waals surface area contributed by atoms with Crippen molar-refractivity contribution in [3.8, 4) is 16.9 Å². The van der Waals surface area contributed by atoms with E-state index in [2.05, 4.69) is 15.3 Å². The molecule has 0 unspecified atom stereocenters. The normalized spacial score (nSPS) is 11.3. The van der Waals surface area contributed by atoms with Crippen molar-refractivity contribution in [3.05, 3.63) is 96.1 Å². The van der Waals surface area contributed by atoms with E-state index in [1.807, 2.05) is 37.4 Å². The van der Waals surface area contributed by atoms with Gasteiger partial charge in [0.15, 0.2) is 0 Å². The number of anilines is 2. The Balaban J connectivity index is 1.37. The van der Waals surface area contributed by atoms with Crippen LogP contribution in [0.5, 0.6) is 0 Å². The second-order valence-corrected chi connectivity index (χ2v) is 8.36. The Morgan fingerprint density at radius 2 is 1.72 bits per heavy atom. The van der Waals surface area contributed by atoms with Gasteiger partial charge in [-0.25, -0.2) is 4.68 Å². The van der Waals surface area contributed by atoms with Crippen LogP contribution in [0.3, 0.4) is 0 Å². The fourth-order valence-electron chi connectivity index (χ4n) is 3.78. The lowest BCUT2D eigenvalue weighted by atomic mass is 10.1. The van der Waals surface area contributed by atoms with E-state index in [4.69, 9.17) is 5.73 Å². The van der Waals surface area contributed by atoms with Crippen molar-refractivity contribution in [1.29, 1.82) is 0 Å². The van der Waals surface area contributed by atoms with E-state index in [0.717, 1.165) is 30.8 Å². The van der Waals surface area contributed by atoms with Crippen LogP contribution in [-0.4, -0.2) is 35.8 Å². The summed E-state index contributed by atoms with van der Waals surface area (Å²) in [6.07, 6.45) is -3.66. The number of nitrogens with one attached hydrogen (secondary N) is 1. The molecule has 0 atom stereocenters. The molecule has 0 radical (unpaired) electrons. The molecule has 4 aromatic rings.